The van der Waals surface area contributed by atoms with Crippen LogP contribution in [0.2, 0.25) is 0 Å². The van der Waals surface area contributed by atoms with E-state index in [-0.39, 0.29) is 0 Å². The quantitative estimate of drug-likeness (QED) is 0.928. The van der Waals surface area contributed by atoms with Gasteiger partial charge < -0.3 is 5.32 Å². The van der Waals surface area contributed by atoms with Gasteiger partial charge in [-0.1, -0.05) is 31.2 Å². The zero-order valence-electron chi connectivity index (χ0n) is 12.2. The fourth-order valence-corrected chi connectivity index (χ4v) is 2.92. The van der Waals surface area contributed by atoms with Crippen LogP contribution in [0.1, 0.15) is 25.5 Å². The maximum atomic E-state index is 4.79. The van der Waals surface area contributed by atoms with Gasteiger partial charge >= 0.3 is 0 Å². The third-order valence-corrected chi connectivity index (χ3v) is 4.10. The topological polar surface area (TPSA) is 28.2 Å². The minimum absolute atomic E-state index is 0.623. The lowest BCUT2D eigenvalue weighted by atomic mass is 10.2. The van der Waals surface area contributed by atoms with Gasteiger partial charge in [0.1, 0.15) is 0 Å². The van der Waals surface area contributed by atoms with Crippen LogP contribution in [0.25, 0.3) is 10.9 Å². The summed E-state index contributed by atoms with van der Waals surface area (Å²) < 4.78 is 0. The fourth-order valence-electron chi connectivity index (χ4n) is 2.92. The summed E-state index contributed by atoms with van der Waals surface area (Å²) in [6, 6.07) is 13.3. The summed E-state index contributed by atoms with van der Waals surface area (Å²) in [4.78, 5) is 7.32. The first kappa shape index (κ1) is 13.5. The van der Waals surface area contributed by atoms with E-state index in [1.54, 1.807) is 0 Å². The Morgan fingerprint density at radius 3 is 3.05 bits per heavy atom. The molecular formula is C17H23N3. The van der Waals surface area contributed by atoms with Crippen molar-refractivity contribution in [2.24, 2.45) is 0 Å². The summed E-state index contributed by atoms with van der Waals surface area (Å²) in [6.07, 6.45) is 2.42. The first-order valence-corrected chi connectivity index (χ1v) is 7.65. The summed E-state index contributed by atoms with van der Waals surface area (Å²) in [5, 5.41) is 4.84. The lowest BCUT2D eigenvalue weighted by Crippen LogP contribution is -2.36. The first-order valence-electron chi connectivity index (χ1n) is 7.65. The summed E-state index contributed by atoms with van der Waals surface area (Å²) in [6.45, 7) is 6.65. The van der Waals surface area contributed by atoms with Crippen LogP contribution in [-0.4, -0.2) is 35.6 Å². The average molecular weight is 269 g/mol. The molecular weight excluding hydrogens is 246 g/mol. The van der Waals surface area contributed by atoms with Crippen molar-refractivity contribution in [3.63, 3.8) is 0 Å². The van der Waals surface area contributed by atoms with E-state index < -0.39 is 0 Å². The molecule has 1 aliphatic rings. The number of hydrogen-bond donors (Lipinski definition) is 1. The Labute approximate surface area is 121 Å². The molecule has 1 N–H and O–H groups in total. The number of fused-ring (bicyclic) bond motifs is 1. The molecule has 0 bridgehead atoms. The second-order valence-corrected chi connectivity index (χ2v) is 5.64. The Hall–Kier alpha value is -1.45. The zero-order valence-corrected chi connectivity index (χ0v) is 12.2. The van der Waals surface area contributed by atoms with Crippen molar-refractivity contribution in [1.82, 2.24) is 15.2 Å². The van der Waals surface area contributed by atoms with E-state index in [0.717, 1.165) is 31.7 Å². The smallest absolute Gasteiger partial charge is 0.0705 e. The van der Waals surface area contributed by atoms with Crippen molar-refractivity contribution in [3.8, 4) is 0 Å². The van der Waals surface area contributed by atoms with Crippen LogP contribution < -0.4 is 5.32 Å². The monoisotopic (exact) mass is 269 g/mol. The second-order valence-electron chi connectivity index (χ2n) is 5.64. The predicted molar refractivity (Wildman–Crippen MR) is 83.7 cm³/mol. The number of para-hydroxylation sites is 1. The molecule has 2 heterocycles. The van der Waals surface area contributed by atoms with Crippen LogP contribution in [0.4, 0.5) is 0 Å². The van der Waals surface area contributed by atoms with Crippen molar-refractivity contribution in [2.75, 3.05) is 19.6 Å². The van der Waals surface area contributed by atoms with Gasteiger partial charge in [-0.15, -0.1) is 0 Å². The molecule has 1 unspecified atom stereocenters. The molecule has 20 heavy (non-hydrogen) atoms. The Balaban J connectivity index is 1.74. The summed E-state index contributed by atoms with van der Waals surface area (Å²) in [5.41, 5.74) is 2.28. The highest BCUT2D eigenvalue weighted by Crippen LogP contribution is 2.14. The Kier molecular flexibility index (Phi) is 4.28. The highest BCUT2D eigenvalue weighted by atomic mass is 15.2. The molecule has 3 rings (SSSR count). The lowest BCUT2D eigenvalue weighted by molar-refractivity contribution is 0.255. The highest BCUT2D eigenvalue weighted by Gasteiger charge is 2.16. The van der Waals surface area contributed by atoms with E-state index >= 15 is 0 Å². The van der Waals surface area contributed by atoms with Gasteiger partial charge in [0.05, 0.1) is 11.2 Å². The van der Waals surface area contributed by atoms with E-state index in [1.165, 1.54) is 23.9 Å². The molecule has 3 heteroatoms. The van der Waals surface area contributed by atoms with E-state index in [2.05, 4.69) is 53.5 Å². The lowest BCUT2D eigenvalue weighted by Gasteiger charge is -2.23. The molecule has 0 amide bonds. The Bertz CT molecular complexity index is 567. The summed E-state index contributed by atoms with van der Waals surface area (Å²) in [7, 11) is 0. The standard InChI is InChI=1S/C17H23N3/c1-2-15-12-20(11-5-10-18-15)13-16-9-8-14-6-3-4-7-17(14)19-16/h3-4,6-9,15,18H,2,5,10-13H2,1H3. The van der Waals surface area contributed by atoms with E-state index in [9.17, 15) is 0 Å². The number of hydrogen-bond acceptors (Lipinski definition) is 3. The molecule has 2 aromatic rings. The third kappa shape index (κ3) is 3.17. The minimum Gasteiger partial charge on any atom is -0.313 e. The minimum atomic E-state index is 0.623. The van der Waals surface area contributed by atoms with Gasteiger partial charge in [0.15, 0.2) is 0 Å². The van der Waals surface area contributed by atoms with Crippen molar-refractivity contribution < 1.29 is 0 Å². The maximum absolute atomic E-state index is 4.79. The van der Waals surface area contributed by atoms with Crippen LogP contribution >= 0.6 is 0 Å². The fraction of sp³-hybridized carbons (Fsp3) is 0.471. The summed E-state index contributed by atoms with van der Waals surface area (Å²) in [5.74, 6) is 0. The van der Waals surface area contributed by atoms with Crippen LogP contribution in [0.15, 0.2) is 36.4 Å². The molecule has 3 nitrogen and oxygen atoms in total. The molecule has 0 aliphatic carbocycles. The number of benzene rings is 1. The molecule has 1 saturated heterocycles. The molecule has 1 atom stereocenters. The predicted octanol–water partition coefficient (Wildman–Crippen LogP) is 2.81. The molecule has 0 radical (unpaired) electrons. The van der Waals surface area contributed by atoms with Crippen LogP contribution in [0.3, 0.4) is 0 Å². The number of pyridine rings is 1. The number of nitrogens with zero attached hydrogens (tertiary/aromatic N) is 2. The van der Waals surface area contributed by atoms with E-state index in [1.807, 2.05) is 0 Å². The van der Waals surface area contributed by atoms with Crippen molar-refractivity contribution >= 4 is 10.9 Å². The van der Waals surface area contributed by atoms with Crippen molar-refractivity contribution in [1.29, 1.82) is 0 Å². The second kappa shape index (κ2) is 6.33. The van der Waals surface area contributed by atoms with Gasteiger partial charge in [0.25, 0.3) is 0 Å². The van der Waals surface area contributed by atoms with Gasteiger partial charge in [-0.25, -0.2) is 0 Å². The molecule has 1 aromatic heterocycles. The van der Waals surface area contributed by atoms with Crippen molar-refractivity contribution in [2.45, 2.75) is 32.4 Å². The SMILES string of the molecule is CCC1CN(Cc2ccc3ccccc3n2)CCCN1. The molecule has 1 fully saturated rings. The largest absolute Gasteiger partial charge is 0.313 e. The van der Waals surface area contributed by atoms with Crippen LogP contribution in [-0.2, 0) is 6.54 Å². The molecule has 0 saturated carbocycles. The van der Waals surface area contributed by atoms with Crippen LogP contribution in [0, 0.1) is 0 Å². The molecule has 106 valence electrons. The van der Waals surface area contributed by atoms with Crippen LogP contribution in [0.5, 0.6) is 0 Å². The normalized spacial score (nSPS) is 20.9. The first-order chi connectivity index (χ1) is 9.85. The van der Waals surface area contributed by atoms with Gasteiger partial charge in [0.2, 0.25) is 0 Å². The van der Waals surface area contributed by atoms with E-state index in [0.29, 0.717) is 6.04 Å². The average Bonchev–Trinajstić information content (AvgIpc) is 2.72. The van der Waals surface area contributed by atoms with Gasteiger partial charge in [0, 0.05) is 24.5 Å². The number of rotatable bonds is 3. The zero-order chi connectivity index (χ0) is 13.8. The van der Waals surface area contributed by atoms with Crippen molar-refractivity contribution in [3.05, 3.63) is 42.1 Å². The van der Waals surface area contributed by atoms with E-state index in [4.69, 9.17) is 4.98 Å². The van der Waals surface area contributed by atoms with Gasteiger partial charge in [-0.2, -0.15) is 0 Å². The molecule has 1 aromatic carbocycles. The number of aromatic nitrogens is 1. The third-order valence-electron chi connectivity index (χ3n) is 4.10. The summed E-state index contributed by atoms with van der Waals surface area (Å²) >= 11 is 0. The Morgan fingerprint density at radius 1 is 1.25 bits per heavy atom. The Morgan fingerprint density at radius 2 is 2.15 bits per heavy atom. The maximum Gasteiger partial charge on any atom is 0.0705 e. The highest BCUT2D eigenvalue weighted by molar-refractivity contribution is 5.78. The molecule has 1 aliphatic heterocycles. The van der Waals surface area contributed by atoms with Gasteiger partial charge in [-0.05, 0) is 38.1 Å². The number of nitrogens with one attached hydrogen (secondary N) is 1. The molecule has 0 spiro atoms. The van der Waals surface area contributed by atoms with Gasteiger partial charge in [-0.3, -0.25) is 9.88 Å².